The fourth-order valence-electron chi connectivity index (χ4n) is 2.79. The first-order valence-corrected chi connectivity index (χ1v) is 8.60. The normalized spacial score (nSPS) is 10.8. The lowest BCUT2D eigenvalue weighted by Gasteiger charge is -2.11. The summed E-state index contributed by atoms with van der Waals surface area (Å²) in [4.78, 5) is 16.8. The van der Waals surface area contributed by atoms with E-state index in [-0.39, 0.29) is 17.2 Å². The number of amides is 1. The van der Waals surface area contributed by atoms with Gasteiger partial charge in [0.1, 0.15) is 11.3 Å². The summed E-state index contributed by atoms with van der Waals surface area (Å²) in [5, 5.41) is 14.6. The Hall–Kier alpha value is -2.59. The molecule has 128 valence electrons. The second kappa shape index (κ2) is 7.53. The van der Waals surface area contributed by atoms with E-state index in [0.717, 1.165) is 29.5 Å². The molecule has 0 radical (unpaired) electrons. The van der Waals surface area contributed by atoms with Crippen LogP contribution in [0.2, 0.25) is 5.02 Å². The van der Waals surface area contributed by atoms with E-state index in [1.807, 2.05) is 24.3 Å². The maximum Gasteiger partial charge on any atom is 0.256 e. The molecule has 4 nitrogen and oxygen atoms in total. The van der Waals surface area contributed by atoms with Crippen molar-refractivity contribution in [3.8, 4) is 5.75 Å². The fourth-order valence-corrected chi connectivity index (χ4v) is 2.91. The van der Waals surface area contributed by atoms with Gasteiger partial charge in [-0.15, -0.1) is 0 Å². The van der Waals surface area contributed by atoms with Gasteiger partial charge in [-0.2, -0.15) is 0 Å². The van der Waals surface area contributed by atoms with Crippen LogP contribution >= 0.6 is 11.6 Å². The van der Waals surface area contributed by atoms with E-state index in [4.69, 9.17) is 11.6 Å². The number of benzene rings is 2. The SMILES string of the molecule is CCCc1cccc2c(O)c(C(=O)NCc3ccc(Cl)cc3)cnc12. The van der Waals surface area contributed by atoms with E-state index >= 15 is 0 Å². The maximum atomic E-state index is 12.4. The van der Waals surface area contributed by atoms with Gasteiger partial charge < -0.3 is 10.4 Å². The zero-order valence-corrected chi connectivity index (χ0v) is 14.7. The van der Waals surface area contributed by atoms with Crippen molar-refractivity contribution in [3.05, 3.63) is 70.4 Å². The van der Waals surface area contributed by atoms with Gasteiger partial charge in [0.15, 0.2) is 0 Å². The zero-order valence-electron chi connectivity index (χ0n) is 13.9. The van der Waals surface area contributed by atoms with Crippen molar-refractivity contribution in [3.63, 3.8) is 0 Å². The molecule has 0 aliphatic rings. The number of carbonyl (C=O) groups excluding carboxylic acids is 1. The Morgan fingerprint density at radius 1 is 1.20 bits per heavy atom. The number of rotatable bonds is 5. The van der Waals surface area contributed by atoms with Crippen molar-refractivity contribution in [2.45, 2.75) is 26.3 Å². The molecule has 0 atom stereocenters. The Labute approximate surface area is 151 Å². The molecule has 3 aromatic rings. The van der Waals surface area contributed by atoms with Crippen molar-refractivity contribution in [2.75, 3.05) is 0 Å². The predicted molar refractivity (Wildman–Crippen MR) is 100 cm³/mol. The number of hydrogen-bond acceptors (Lipinski definition) is 3. The summed E-state index contributed by atoms with van der Waals surface area (Å²) < 4.78 is 0. The van der Waals surface area contributed by atoms with Gasteiger partial charge in [0.05, 0.1) is 5.52 Å². The molecule has 0 bridgehead atoms. The van der Waals surface area contributed by atoms with Crippen LogP contribution < -0.4 is 5.32 Å². The highest BCUT2D eigenvalue weighted by Gasteiger charge is 2.16. The molecule has 0 saturated carbocycles. The fraction of sp³-hybridized carbons (Fsp3) is 0.200. The minimum atomic E-state index is -0.359. The average Bonchev–Trinajstić information content (AvgIpc) is 2.62. The monoisotopic (exact) mass is 354 g/mol. The van der Waals surface area contributed by atoms with E-state index in [0.29, 0.717) is 17.0 Å². The van der Waals surface area contributed by atoms with Gasteiger partial charge in [-0.25, -0.2) is 0 Å². The van der Waals surface area contributed by atoms with Gasteiger partial charge in [-0.05, 0) is 35.7 Å². The largest absolute Gasteiger partial charge is 0.506 e. The first-order chi connectivity index (χ1) is 12.1. The van der Waals surface area contributed by atoms with Crippen molar-refractivity contribution < 1.29 is 9.90 Å². The number of aromatic nitrogens is 1. The topological polar surface area (TPSA) is 62.2 Å². The van der Waals surface area contributed by atoms with Gasteiger partial charge in [0.2, 0.25) is 0 Å². The Kier molecular flexibility index (Phi) is 5.19. The third kappa shape index (κ3) is 3.74. The molecule has 1 heterocycles. The quantitative estimate of drug-likeness (QED) is 0.710. The van der Waals surface area contributed by atoms with Crippen LogP contribution in [0.4, 0.5) is 0 Å². The number of nitrogens with one attached hydrogen (secondary N) is 1. The summed E-state index contributed by atoms with van der Waals surface area (Å²) in [6.07, 6.45) is 3.31. The lowest BCUT2D eigenvalue weighted by Crippen LogP contribution is -2.23. The third-order valence-corrected chi connectivity index (χ3v) is 4.33. The molecule has 2 aromatic carbocycles. The van der Waals surface area contributed by atoms with Crippen LogP contribution in [0.1, 0.15) is 34.8 Å². The molecule has 0 aliphatic carbocycles. The molecule has 3 rings (SSSR count). The molecule has 0 unspecified atom stereocenters. The number of aryl methyl sites for hydroxylation is 1. The van der Waals surface area contributed by atoms with E-state index in [2.05, 4.69) is 17.2 Å². The first-order valence-electron chi connectivity index (χ1n) is 8.22. The van der Waals surface area contributed by atoms with Crippen LogP contribution in [0.3, 0.4) is 0 Å². The number of pyridine rings is 1. The van der Waals surface area contributed by atoms with Gasteiger partial charge in [0.25, 0.3) is 5.91 Å². The van der Waals surface area contributed by atoms with E-state index in [1.165, 1.54) is 6.20 Å². The number of fused-ring (bicyclic) bond motifs is 1. The summed E-state index contributed by atoms with van der Waals surface area (Å²) in [5.74, 6) is -0.390. The molecular formula is C20H19ClN2O2. The highest BCUT2D eigenvalue weighted by molar-refractivity contribution is 6.30. The van der Waals surface area contributed by atoms with Crippen molar-refractivity contribution in [1.82, 2.24) is 10.3 Å². The lowest BCUT2D eigenvalue weighted by atomic mass is 10.0. The average molecular weight is 355 g/mol. The van der Waals surface area contributed by atoms with E-state index in [9.17, 15) is 9.90 Å². The van der Waals surface area contributed by atoms with Gasteiger partial charge in [0, 0.05) is 23.2 Å². The molecule has 0 fully saturated rings. The van der Waals surface area contributed by atoms with E-state index < -0.39 is 0 Å². The number of hydrogen-bond donors (Lipinski definition) is 2. The van der Waals surface area contributed by atoms with Crippen LogP contribution in [0.15, 0.2) is 48.7 Å². The van der Waals surface area contributed by atoms with Gasteiger partial charge in [-0.1, -0.05) is 49.2 Å². The summed E-state index contributed by atoms with van der Waals surface area (Å²) in [5.41, 5.74) is 2.92. The molecule has 0 spiro atoms. The highest BCUT2D eigenvalue weighted by atomic mass is 35.5. The van der Waals surface area contributed by atoms with Gasteiger partial charge >= 0.3 is 0 Å². The van der Waals surface area contributed by atoms with Crippen molar-refractivity contribution >= 4 is 28.4 Å². The van der Waals surface area contributed by atoms with Crippen molar-refractivity contribution in [2.24, 2.45) is 0 Å². The second-order valence-electron chi connectivity index (χ2n) is 5.89. The van der Waals surface area contributed by atoms with Crippen LogP contribution in [0.5, 0.6) is 5.75 Å². The number of halogens is 1. The van der Waals surface area contributed by atoms with E-state index in [1.54, 1.807) is 18.2 Å². The molecule has 5 heteroatoms. The first kappa shape index (κ1) is 17.2. The Balaban J connectivity index is 1.84. The minimum absolute atomic E-state index is 0.0310. The van der Waals surface area contributed by atoms with Crippen LogP contribution in [-0.2, 0) is 13.0 Å². The standard InChI is InChI=1S/C20H19ClN2O2/c1-2-4-14-5-3-6-16-18(14)22-12-17(19(16)24)20(25)23-11-13-7-9-15(21)10-8-13/h3,5-10,12H,2,4,11H2,1H3,(H,22,24)(H,23,25). The number of nitrogens with zero attached hydrogens (tertiary/aromatic N) is 1. The Morgan fingerprint density at radius 3 is 2.68 bits per heavy atom. The summed E-state index contributed by atoms with van der Waals surface area (Å²) in [7, 11) is 0. The van der Waals surface area contributed by atoms with Crippen LogP contribution in [0, 0.1) is 0 Å². The predicted octanol–water partition coefficient (Wildman–Crippen LogP) is 4.48. The Bertz CT molecular complexity index is 907. The molecule has 25 heavy (non-hydrogen) atoms. The van der Waals surface area contributed by atoms with Crippen LogP contribution in [0.25, 0.3) is 10.9 Å². The maximum absolute atomic E-state index is 12.4. The number of carbonyl (C=O) groups is 1. The molecule has 1 aromatic heterocycles. The Morgan fingerprint density at radius 2 is 1.96 bits per heavy atom. The lowest BCUT2D eigenvalue weighted by molar-refractivity contribution is 0.0948. The molecule has 1 amide bonds. The minimum Gasteiger partial charge on any atom is -0.506 e. The van der Waals surface area contributed by atoms with Gasteiger partial charge in [-0.3, -0.25) is 9.78 Å². The zero-order chi connectivity index (χ0) is 17.8. The summed E-state index contributed by atoms with van der Waals surface area (Å²) >= 11 is 5.85. The highest BCUT2D eigenvalue weighted by Crippen LogP contribution is 2.29. The van der Waals surface area contributed by atoms with Crippen LogP contribution in [-0.4, -0.2) is 16.0 Å². The molecular weight excluding hydrogens is 336 g/mol. The second-order valence-corrected chi connectivity index (χ2v) is 6.33. The van der Waals surface area contributed by atoms with Crippen molar-refractivity contribution in [1.29, 1.82) is 0 Å². The number of para-hydroxylation sites is 1. The smallest absolute Gasteiger partial charge is 0.256 e. The molecule has 0 saturated heterocycles. The summed E-state index contributed by atoms with van der Waals surface area (Å²) in [6, 6.07) is 12.9. The summed E-state index contributed by atoms with van der Waals surface area (Å²) in [6.45, 7) is 2.45. The molecule has 2 N–H and O–H groups in total. The third-order valence-electron chi connectivity index (χ3n) is 4.08. The molecule has 0 aliphatic heterocycles. The number of aromatic hydroxyl groups is 1.